The fraction of sp³-hybridized carbons (Fsp3) is 0.440. The number of aromatic nitrogens is 3. The van der Waals surface area contributed by atoms with Crippen LogP contribution in [-0.4, -0.2) is 41.6 Å². The normalized spacial score (nSPS) is 16.2. The summed E-state index contributed by atoms with van der Waals surface area (Å²) in [5.41, 5.74) is 6.20. The van der Waals surface area contributed by atoms with Gasteiger partial charge in [0.15, 0.2) is 5.82 Å². The van der Waals surface area contributed by atoms with Crippen LogP contribution in [0, 0.1) is 18.3 Å². The van der Waals surface area contributed by atoms with E-state index in [0.29, 0.717) is 23.6 Å². The second kappa shape index (κ2) is 10.6. The Kier molecular flexibility index (Phi) is 8.09. The molecule has 0 saturated carbocycles. The molecule has 170 valence electrons. The maximum absolute atomic E-state index is 4.74. The molecular weight excluding hydrogens is 511 g/mol. The molecule has 2 heterocycles. The zero-order valence-corrected chi connectivity index (χ0v) is 21.8. The van der Waals surface area contributed by atoms with Crippen LogP contribution in [0.2, 0.25) is 0 Å². The molecule has 1 aliphatic rings. The van der Waals surface area contributed by atoms with E-state index in [1.54, 1.807) is 0 Å². The molecule has 1 aromatic carbocycles. The smallest absolute Gasteiger partial charge is 0.232 e. The Hall–Kier alpha value is -2.22. The number of benzene rings is 1. The van der Waals surface area contributed by atoms with Crippen molar-refractivity contribution >= 4 is 49.8 Å². The van der Waals surface area contributed by atoms with Crippen LogP contribution < -0.4 is 15.5 Å². The number of aryl methyl sites for hydroxylation is 1. The largest absolute Gasteiger partial charge is 0.343 e. The number of anilines is 3. The number of hydrogen-bond donors (Lipinski definition) is 2. The SMILES string of the molecule is C=C=C(I)c1ccc(C)c(Nc2nc(/C=C/C3CCNC3)nc(N(C)CC(C)(C)C)n2)c1. The molecule has 1 saturated heterocycles. The van der Waals surface area contributed by atoms with Crippen LogP contribution in [0.5, 0.6) is 0 Å². The summed E-state index contributed by atoms with van der Waals surface area (Å²) in [6.07, 6.45) is 5.37. The number of nitrogens with zero attached hydrogens (tertiary/aromatic N) is 4. The summed E-state index contributed by atoms with van der Waals surface area (Å²) in [6.45, 7) is 15.4. The summed E-state index contributed by atoms with van der Waals surface area (Å²) in [6, 6.07) is 6.23. The zero-order chi connectivity index (χ0) is 23.3. The second-order valence-electron chi connectivity index (χ2n) is 9.49. The van der Waals surface area contributed by atoms with E-state index in [4.69, 9.17) is 15.0 Å². The predicted octanol–water partition coefficient (Wildman–Crippen LogP) is 5.59. The lowest BCUT2D eigenvalue weighted by Gasteiger charge is -2.26. The first kappa shape index (κ1) is 24.4. The molecule has 2 aromatic rings. The first-order valence-electron chi connectivity index (χ1n) is 10.9. The quantitative estimate of drug-likeness (QED) is 0.350. The molecular formula is C25H33IN6. The Balaban J connectivity index is 1.95. The van der Waals surface area contributed by atoms with Gasteiger partial charge in [-0.2, -0.15) is 15.0 Å². The van der Waals surface area contributed by atoms with Gasteiger partial charge < -0.3 is 15.5 Å². The van der Waals surface area contributed by atoms with Crippen molar-refractivity contribution in [2.75, 3.05) is 36.9 Å². The maximum atomic E-state index is 4.74. The minimum absolute atomic E-state index is 0.124. The Labute approximate surface area is 205 Å². The average molecular weight is 544 g/mol. The molecule has 6 nitrogen and oxygen atoms in total. The molecule has 7 heteroatoms. The topological polar surface area (TPSA) is 66.0 Å². The van der Waals surface area contributed by atoms with Crippen LogP contribution in [0.4, 0.5) is 17.6 Å². The van der Waals surface area contributed by atoms with Crippen molar-refractivity contribution in [3.8, 4) is 0 Å². The van der Waals surface area contributed by atoms with E-state index in [0.717, 1.165) is 46.4 Å². The lowest BCUT2D eigenvalue weighted by atomic mass is 9.96. The van der Waals surface area contributed by atoms with Crippen molar-refractivity contribution in [2.24, 2.45) is 11.3 Å². The third-order valence-corrected chi connectivity index (χ3v) is 6.21. The first-order valence-corrected chi connectivity index (χ1v) is 12.0. The average Bonchev–Trinajstić information content (AvgIpc) is 3.25. The number of hydrogen-bond acceptors (Lipinski definition) is 6. The maximum Gasteiger partial charge on any atom is 0.232 e. The Morgan fingerprint density at radius 3 is 2.78 bits per heavy atom. The number of halogens is 1. The van der Waals surface area contributed by atoms with Crippen LogP contribution in [0.3, 0.4) is 0 Å². The molecule has 1 fully saturated rings. The molecule has 0 radical (unpaired) electrons. The van der Waals surface area contributed by atoms with Gasteiger partial charge in [0.1, 0.15) is 0 Å². The highest BCUT2D eigenvalue weighted by Crippen LogP contribution is 2.28. The summed E-state index contributed by atoms with van der Waals surface area (Å²) >= 11 is 2.24. The van der Waals surface area contributed by atoms with Crippen LogP contribution >= 0.6 is 22.6 Å². The van der Waals surface area contributed by atoms with Crippen molar-refractivity contribution < 1.29 is 0 Å². The van der Waals surface area contributed by atoms with Crippen molar-refractivity contribution in [2.45, 2.75) is 34.1 Å². The van der Waals surface area contributed by atoms with Gasteiger partial charge in [0.05, 0.1) is 3.58 Å². The Morgan fingerprint density at radius 2 is 2.12 bits per heavy atom. The van der Waals surface area contributed by atoms with Gasteiger partial charge in [-0.05, 0) is 77.1 Å². The highest BCUT2D eigenvalue weighted by Gasteiger charge is 2.18. The van der Waals surface area contributed by atoms with Gasteiger partial charge >= 0.3 is 0 Å². The molecule has 1 aliphatic heterocycles. The van der Waals surface area contributed by atoms with E-state index in [-0.39, 0.29) is 5.41 Å². The van der Waals surface area contributed by atoms with Gasteiger partial charge in [-0.25, -0.2) is 0 Å². The van der Waals surface area contributed by atoms with Crippen molar-refractivity contribution in [1.82, 2.24) is 20.3 Å². The lowest BCUT2D eigenvalue weighted by Crippen LogP contribution is -2.30. The van der Waals surface area contributed by atoms with Crippen molar-refractivity contribution in [3.63, 3.8) is 0 Å². The summed E-state index contributed by atoms with van der Waals surface area (Å²) in [5, 5.41) is 6.81. The van der Waals surface area contributed by atoms with Gasteiger partial charge in [0.2, 0.25) is 11.9 Å². The number of nitrogens with one attached hydrogen (secondary N) is 2. The van der Waals surface area contributed by atoms with Gasteiger partial charge in [-0.15, -0.1) is 5.73 Å². The standard InChI is InChI=1S/C25H33IN6/c1-7-20(26)19-10-8-17(2)21(14-19)28-23-29-22(11-9-18-12-13-27-15-18)30-24(31-23)32(6)16-25(3,4)5/h8-11,14,18,27H,1,12-13,15-16H2,2-6H3,(H,28,29,30,31)/b11-9+. The Bertz CT molecular complexity index is 1030. The zero-order valence-electron chi connectivity index (χ0n) is 19.7. The van der Waals surface area contributed by atoms with E-state index in [1.807, 2.05) is 13.1 Å². The predicted molar refractivity (Wildman–Crippen MR) is 144 cm³/mol. The second-order valence-corrected chi connectivity index (χ2v) is 10.6. The van der Waals surface area contributed by atoms with Crippen molar-refractivity contribution in [1.29, 1.82) is 0 Å². The highest BCUT2D eigenvalue weighted by molar-refractivity contribution is 14.1. The summed E-state index contributed by atoms with van der Waals surface area (Å²) in [7, 11) is 2.03. The van der Waals surface area contributed by atoms with Gasteiger partial charge in [-0.3, -0.25) is 0 Å². The van der Waals surface area contributed by atoms with E-state index >= 15 is 0 Å². The van der Waals surface area contributed by atoms with E-state index < -0.39 is 0 Å². The minimum atomic E-state index is 0.124. The molecule has 0 amide bonds. The van der Waals surface area contributed by atoms with Gasteiger partial charge in [0, 0.05) is 25.8 Å². The molecule has 1 unspecified atom stereocenters. The third kappa shape index (κ3) is 6.89. The van der Waals surface area contributed by atoms with Gasteiger partial charge in [0.25, 0.3) is 0 Å². The van der Waals surface area contributed by atoms with Crippen LogP contribution in [-0.2, 0) is 0 Å². The molecule has 1 aromatic heterocycles. The van der Waals surface area contributed by atoms with Crippen LogP contribution in [0.1, 0.15) is 44.1 Å². The fourth-order valence-electron chi connectivity index (χ4n) is 3.64. The molecule has 1 atom stereocenters. The monoisotopic (exact) mass is 544 g/mol. The molecule has 0 bridgehead atoms. The first-order chi connectivity index (χ1) is 15.1. The van der Waals surface area contributed by atoms with Crippen LogP contribution in [0.15, 0.2) is 36.6 Å². The molecule has 3 rings (SSSR count). The summed E-state index contributed by atoms with van der Waals surface area (Å²) < 4.78 is 0.973. The fourth-order valence-corrected chi connectivity index (χ4v) is 3.98. The van der Waals surface area contributed by atoms with Crippen molar-refractivity contribution in [3.05, 3.63) is 53.5 Å². The van der Waals surface area contributed by atoms with E-state index in [9.17, 15) is 0 Å². The summed E-state index contributed by atoms with van der Waals surface area (Å²) in [5.74, 6) is 2.39. The third-order valence-electron chi connectivity index (χ3n) is 5.20. The molecule has 32 heavy (non-hydrogen) atoms. The lowest BCUT2D eigenvalue weighted by molar-refractivity contribution is 0.416. The van der Waals surface area contributed by atoms with Gasteiger partial charge in [-0.1, -0.05) is 45.6 Å². The Morgan fingerprint density at radius 1 is 1.34 bits per heavy atom. The van der Waals surface area contributed by atoms with E-state index in [1.165, 1.54) is 0 Å². The molecule has 0 spiro atoms. The molecule has 2 N–H and O–H groups in total. The highest BCUT2D eigenvalue weighted by atomic mass is 127. The molecule has 0 aliphatic carbocycles. The number of rotatable bonds is 7. The van der Waals surface area contributed by atoms with E-state index in [2.05, 4.69) is 102 Å². The minimum Gasteiger partial charge on any atom is -0.343 e. The van der Waals surface area contributed by atoms with Crippen LogP contribution in [0.25, 0.3) is 9.66 Å². The summed E-state index contributed by atoms with van der Waals surface area (Å²) in [4.78, 5) is 16.3.